The molecule has 0 N–H and O–H groups in total. The van der Waals surface area contributed by atoms with Crippen LogP contribution in [-0.2, 0) is 17.4 Å². The highest BCUT2D eigenvalue weighted by molar-refractivity contribution is 7.26. The first kappa shape index (κ1) is 42.8. The van der Waals surface area contributed by atoms with E-state index in [9.17, 15) is 0 Å². The number of allylic oxidation sites excluding steroid dienone is 5. The minimum Gasteiger partial charge on any atom is -0.497 e. The molecule has 4 heterocycles. The molecule has 8 aromatic carbocycles. The number of methoxy groups -OCH3 is 1. The third-order valence-corrected chi connectivity index (χ3v) is 17.1. The number of thiophene rings is 2. The third-order valence-electron chi connectivity index (χ3n) is 15.0. The fourth-order valence-corrected chi connectivity index (χ4v) is 14.0. The highest BCUT2D eigenvalue weighted by Gasteiger charge is 2.43. The molecule has 72 heavy (non-hydrogen) atoms. The molecule has 0 radical (unpaired) electrons. The van der Waals surface area contributed by atoms with Crippen LogP contribution >= 0.6 is 22.7 Å². The van der Waals surface area contributed by atoms with E-state index in [1.807, 2.05) is 96.3 Å². The Labute approximate surface area is 423 Å². The summed E-state index contributed by atoms with van der Waals surface area (Å²) in [6.07, 6.45) is 18.0. The van der Waals surface area contributed by atoms with E-state index in [0.717, 1.165) is 62.6 Å². The summed E-state index contributed by atoms with van der Waals surface area (Å²) < 4.78 is 53.3. The van der Waals surface area contributed by atoms with Crippen LogP contribution in [0, 0.1) is 11.6 Å². The van der Waals surface area contributed by atoms with Crippen LogP contribution in [0.15, 0.2) is 199 Å². The molecule has 0 fully saturated rings. The van der Waals surface area contributed by atoms with Gasteiger partial charge in [-0.1, -0.05) is 146 Å². The number of rotatable bonds is 5. The van der Waals surface area contributed by atoms with Crippen molar-refractivity contribution in [1.82, 2.24) is 0 Å². The van der Waals surface area contributed by atoms with Crippen molar-refractivity contribution in [3.8, 4) is 28.4 Å². The molecule has 3 nitrogen and oxygen atoms in total. The van der Waals surface area contributed by atoms with E-state index in [1.165, 1.54) is 64.1 Å². The average molecular weight is 973 g/mol. The number of halogens is 2. The van der Waals surface area contributed by atoms with Gasteiger partial charge in [0, 0.05) is 81.2 Å². The van der Waals surface area contributed by atoms with Gasteiger partial charge in [-0.15, -0.1) is 22.7 Å². The Morgan fingerprint density at radius 2 is 1.36 bits per heavy atom. The third kappa shape index (κ3) is 6.30. The molecule has 2 aromatic heterocycles. The second-order valence-electron chi connectivity index (χ2n) is 18.7. The average Bonchev–Trinajstić information content (AvgIpc) is 4.25. The van der Waals surface area contributed by atoms with E-state index < -0.39 is 11.0 Å². The van der Waals surface area contributed by atoms with E-state index in [-0.39, 0.29) is 11.6 Å². The van der Waals surface area contributed by atoms with Gasteiger partial charge in [0.25, 0.3) is 0 Å². The van der Waals surface area contributed by atoms with E-state index in [1.54, 1.807) is 36.6 Å². The SMILES string of the molecule is COc1ccc(C2(c3ccccc3F)C=CC3=Cc4c5c(c6c(sc7ccccc76)c4C3=C2)C=CCO5)cc1.Fc1ccccc1C1(c2ccccc2)C=Cc2c(c3c(c4ccsc24)-c2ccccc2C3)O1. The Balaban J connectivity index is 0.000000136. The molecule has 0 spiro atoms. The molecule has 7 heteroatoms. The lowest BCUT2D eigenvalue weighted by molar-refractivity contribution is 0.155. The smallest absolute Gasteiger partial charge is 0.180 e. The summed E-state index contributed by atoms with van der Waals surface area (Å²) in [6.45, 7) is 0.552. The van der Waals surface area contributed by atoms with Crippen molar-refractivity contribution in [2.75, 3.05) is 13.7 Å². The summed E-state index contributed by atoms with van der Waals surface area (Å²) in [5.41, 5.74) is 13.0. The Bertz CT molecular complexity index is 4060. The zero-order valence-corrected chi connectivity index (χ0v) is 40.6. The minimum absolute atomic E-state index is 0.230. The number of benzene rings is 8. The van der Waals surface area contributed by atoms with Crippen molar-refractivity contribution >= 4 is 76.7 Å². The van der Waals surface area contributed by atoms with Gasteiger partial charge in [-0.25, -0.2) is 8.78 Å². The van der Waals surface area contributed by atoms with Crippen molar-refractivity contribution < 1.29 is 23.0 Å². The predicted molar refractivity (Wildman–Crippen MR) is 292 cm³/mol. The van der Waals surface area contributed by atoms with Gasteiger partial charge in [-0.2, -0.15) is 0 Å². The lowest BCUT2D eigenvalue weighted by Gasteiger charge is -2.37. The Kier molecular flexibility index (Phi) is 9.79. The first-order chi connectivity index (χ1) is 35.4. The number of hydrogen-bond donors (Lipinski definition) is 0. The summed E-state index contributed by atoms with van der Waals surface area (Å²) in [7, 11) is 1.66. The predicted octanol–water partition coefficient (Wildman–Crippen LogP) is 16.9. The molecule has 15 rings (SSSR count). The quantitative estimate of drug-likeness (QED) is 0.172. The van der Waals surface area contributed by atoms with Crippen molar-refractivity contribution in [2.24, 2.45) is 0 Å². The Morgan fingerprint density at radius 1 is 0.611 bits per heavy atom. The van der Waals surface area contributed by atoms with Gasteiger partial charge in [0.2, 0.25) is 0 Å². The highest BCUT2D eigenvalue weighted by atomic mass is 32.1. The molecule has 2 aliphatic heterocycles. The van der Waals surface area contributed by atoms with E-state index in [2.05, 4.69) is 103 Å². The largest absolute Gasteiger partial charge is 0.497 e. The number of fused-ring (bicyclic) bond motifs is 18. The van der Waals surface area contributed by atoms with Gasteiger partial charge in [-0.3, -0.25) is 0 Å². The number of ether oxygens (including phenoxy) is 3. The maximum Gasteiger partial charge on any atom is 0.180 e. The highest BCUT2D eigenvalue weighted by Crippen LogP contribution is 2.57. The van der Waals surface area contributed by atoms with Gasteiger partial charge in [-0.05, 0) is 99.5 Å². The van der Waals surface area contributed by atoms with Crippen LogP contribution in [0.2, 0.25) is 0 Å². The van der Waals surface area contributed by atoms with Crippen molar-refractivity contribution in [3.05, 3.63) is 266 Å². The Morgan fingerprint density at radius 3 is 2.18 bits per heavy atom. The van der Waals surface area contributed by atoms with E-state index in [0.29, 0.717) is 17.7 Å². The van der Waals surface area contributed by atoms with E-state index in [4.69, 9.17) is 14.2 Å². The molecule has 0 saturated carbocycles. The maximum atomic E-state index is 15.6. The summed E-state index contributed by atoms with van der Waals surface area (Å²) in [4.78, 5) is 0. The molecular formula is C65H42F2O3S2. The van der Waals surface area contributed by atoms with Crippen molar-refractivity contribution in [3.63, 3.8) is 0 Å². The number of hydrogen-bond acceptors (Lipinski definition) is 5. The van der Waals surface area contributed by atoms with Crippen LogP contribution in [-0.4, -0.2) is 13.7 Å². The van der Waals surface area contributed by atoms with Crippen LogP contribution in [0.4, 0.5) is 8.78 Å². The molecule has 2 atom stereocenters. The summed E-state index contributed by atoms with van der Waals surface area (Å²) >= 11 is 3.55. The van der Waals surface area contributed by atoms with Crippen LogP contribution in [0.25, 0.3) is 65.2 Å². The zero-order valence-electron chi connectivity index (χ0n) is 38.9. The second kappa shape index (κ2) is 16.5. The second-order valence-corrected chi connectivity index (χ2v) is 20.7. The molecule has 3 aliphatic carbocycles. The van der Waals surface area contributed by atoms with Gasteiger partial charge >= 0.3 is 0 Å². The lowest BCUT2D eigenvalue weighted by Crippen LogP contribution is -2.35. The molecule has 2 unspecified atom stereocenters. The lowest BCUT2D eigenvalue weighted by atomic mass is 9.69. The van der Waals surface area contributed by atoms with Crippen molar-refractivity contribution in [2.45, 2.75) is 17.4 Å². The summed E-state index contributed by atoms with van der Waals surface area (Å²) in [5.74, 6) is 2.06. The van der Waals surface area contributed by atoms with Crippen LogP contribution in [0.3, 0.4) is 0 Å². The fourth-order valence-electron chi connectivity index (χ4n) is 11.7. The molecular weight excluding hydrogens is 931 g/mol. The summed E-state index contributed by atoms with van der Waals surface area (Å²) in [5, 5.41) is 5.88. The Hall–Kier alpha value is -8.10. The van der Waals surface area contributed by atoms with Gasteiger partial charge < -0.3 is 14.2 Å². The maximum absolute atomic E-state index is 15.6. The topological polar surface area (TPSA) is 27.7 Å². The molecule has 10 aromatic rings. The molecule has 0 saturated heterocycles. The van der Waals surface area contributed by atoms with Crippen LogP contribution in [0.5, 0.6) is 17.2 Å². The molecule has 346 valence electrons. The minimum atomic E-state index is -1.03. The first-order valence-corrected chi connectivity index (χ1v) is 25.8. The normalized spacial score (nSPS) is 18.4. The van der Waals surface area contributed by atoms with Gasteiger partial charge in [0.15, 0.2) is 5.60 Å². The standard InChI is InChI=1S/C35H23FO2S.C30H19FOS/c1-37-23-14-12-22(13-15-23)35(28-9-3-4-10-29(28)36)17-16-21-19-26-32(27(21)20-35)34-31(25-8-6-18-38-33(25)26)24-7-2-5-11-30(24)39-34;31-26-13-7-6-12-25(26)30(20-9-2-1-3-10-20)16-14-23-28(32-30)24-18-19-8-4-5-11-21(19)27(24)22-15-17-33-29(22)23/h2-17,19-20H,18H2,1H3;1-17H,18H2. The summed E-state index contributed by atoms with van der Waals surface area (Å²) in [6, 6.07) is 51.3. The molecule has 5 aliphatic rings. The van der Waals surface area contributed by atoms with Crippen molar-refractivity contribution in [1.29, 1.82) is 0 Å². The molecule has 0 bridgehead atoms. The van der Waals surface area contributed by atoms with E-state index >= 15 is 8.78 Å². The first-order valence-electron chi connectivity index (χ1n) is 24.1. The van der Waals surface area contributed by atoms with Gasteiger partial charge in [0.05, 0.1) is 12.5 Å². The van der Waals surface area contributed by atoms with Gasteiger partial charge in [0.1, 0.15) is 35.5 Å². The zero-order chi connectivity index (χ0) is 48.1. The fraction of sp³-hybridized carbons (Fsp3) is 0.0769. The van der Waals surface area contributed by atoms with Crippen LogP contribution in [0.1, 0.15) is 55.6 Å². The monoisotopic (exact) mass is 972 g/mol. The molecule has 0 amide bonds. The van der Waals surface area contributed by atoms with Crippen LogP contribution < -0.4 is 14.2 Å².